The molecule has 0 radical (unpaired) electrons. The van der Waals surface area contributed by atoms with Crippen molar-refractivity contribution in [2.45, 2.75) is 13.5 Å². The average Bonchev–Trinajstić information content (AvgIpc) is 3.10. The van der Waals surface area contributed by atoms with Gasteiger partial charge in [0.15, 0.2) is 5.76 Å². The molecule has 0 saturated heterocycles. The van der Waals surface area contributed by atoms with E-state index < -0.39 is 5.91 Å². The summed E-state index contributed by atoms with van der Waals surface area (Å²) in [6.07, 6.45) is 1.57. The zero-order valence-electron chi connectivity index (χ0n) is 16.0. The van der Waals surface area contributed by atoms with Gasteiger partial charge in [-0.2, -0.15) is 5.10 Å². The van der Waals surface area contributed by atoms with Crippen molar-refractivity contribution in [3.8, 4) is 5.75 Å². The molecule has 0 atom stereocenters. The summed E-state index contributed by atoms with van der Waals surface area (Å²) >= 11 is 0. The number of para-hydroxylation sites is 2. The van der Waals surface area contributed by atoms with E-state index in [1.54, 1.807) is 6.21 Å². The normalized spacial score (nSPS) is 11.1. The number of ether oxygens (including phenoxy) is 1. The number of amides is 1. The minimum atomic E-state index is -0.391. The Morgan fingerprint density at radius 3 is 2.55 bits per heavy atom. The van der Waals surface area contributed by atoms with Gasteiger partial charge in [0.05, 0.1) is 6.21 Å². The zero-order chi connectivity index (χ0) is 20.1. The fraction of sp³-hybridized carbons (Fsp3) is 0.0833. The molecule has 0 aliphatic rings. The van der Waals surface area contributed by atoms with Gasteiger partial charge in [0.1, 0.15) is 17.9 Å². The van der Waals surface area contributed by atoms with Crippen molar-refractivity contribution in [3.05, 3.63) is 101 Å². The Bertz CT molecular complexity index is 1160. The molecule has 1 aromatic heterocycles. The minimum Gasteiger partial charge on any atom is -0.488 e. The van der Waals surface area contributed by atoms with E-state index >= 15 is 0 Å². The molecule has 0 unspecified atom stereocenters. The number of hydrogen-bond donors (Lipinski definition) is 1. The number of rotatable bonds is 6. The maximum atomic E-state index is 12.5. The molecular weight excluding hydrogens is 364 g/mol. The van der Waals surface area contributed by atoms with E-state index in [-0.39, 0.29) is 5.76 Å². The van der Waals surface area contributed by atoms with Crippen molar-refractivity contribution in [1.29, 1.82) is 0 Å². The largest absolute Gasteiger partial charge is 0.488 e. The van der Waals surface area contributed by atoms with Crippen LogP contribution in [-0.4, -0.2) is 12.1 Å². The highest BCUT2D eigenvalue weighted by Gasteiger charge is 2.16. The second-order valence-electron chi connectivity index (χ2n) is 6.56. The Kier molecular flexibility index (Phi) is 5.38. The number of carbonyl (C=O) groups excluding carboxylic acids is 1. The van der Waals surface area contributed by atoms with Crippen LogP contribution in [0, 0.1) is 6.92 Å². The van der Waals surface area contributed by atoms with Gasteiger partial charge < -0.3 is 9.15 Å². The molecule has 0 aliphatic heterocycles. The van der Waals surface area contributed by atoms with Crippen LogP contribution in [0.15, 0.2) is 88.4 Å². The first kappa shape index (κ1) is 18.5. The van der Waals surface area contributed by atoms with Crippen molar-refractivity contribution < 1.29 is 13.9 Å². The number of aryl methyl sites for hydroxylation is 1. The highest BCUT2D eigenvalue weighted by molar-refractivity contribution is 5.99. The Labute approximate surface area is 168 Å². The van der Waals surface area contributed by atoms with Gasteiger partial charge in [-0.05, 0) is 30.7 Å². The molecule has 1 amide bonds. The molecule has 1 heterocycles. The zero-order valence-corrected chi connectivity index (χ0v) is 16.0. The van der Waals surface area contributed by atoms with Crippen LogP contribution in [-0.2, 0) is 6.61 Å². The first-order valence-corrected chi connectivity index (χ1v) is 9.29. The summed E-state index contributed by atoms with van der Waals surface area (Å²) in [4.78, 5) is 12.5. The van der Waals surface area contributed by atoms with Gasteiger partial charge in [-0.1, -0.05) is 60.7 Å². The smallest absolute Gasteiger partial charge is 0.307 e. The van der Waals surface area contributed by atoms with Gasteiger partial charge in [-0.25, -0.2) is 5.43 Å². The van der Waals surface area contributed by atoms with Crippen molar-refractivity contribution in [2.75, 3.05) is 0 Å². The summed E-state index contributed by atoms with van der Waals surface area (Å²) in [5.74, 6) is 0.559. The number of nitrogens with one attached hydrogen (secondary N) is 1. The lowest BCUT2D eigenvalue weighted by Gasteiger charge is -2.08. The molecule has 0 saturated carbocycles. The molecule has 1 N–H and O–H groups in total. The number of hydrogen-bond acceptors (Lipinski definition) is 4. The summed E-state index contributed by atoms with van der Waals surface area (Å²) < 4.78 is 11.6. The third-order valence-corrected chi connectivity index (χ3v) is 4.58. The summed E-state index contributed by atoms with van der Waals surface area (Å²) in [5, 5.41) is 5.00. The Balaban J connectivity index is 1.45. The Morgan fingerprint density at radius 2 is 1.72 bits per heavy atom. The summed E-state index contributed by atoms with van der Waals surface area (Å²) in [7, 11) is 0. The first-order chi connectivity index (χ1) is 14.2. The van der Waals surface area contributed by atoms with Crippen LogP contribution in [0.5, 0.6) is 5.75 Å². The Hall–Kier alpha value is -3.86. The number of carbonyl (C=O) groups is 1. The van der Waals surface area contributed by atoms with Gasteiger partial charge in [-0.15, -0.1) is 0 Å². The highest BCUT2D eigenvalue weighted by atomic mass is 16.5. The van der Waals surface area contributed by atoms with Crippen LogP contribution in [0.4, 0.5) is 0 Å². The van der Waals surface area contributed by atoms with Gasteiger partial charge in [0.2, 0.25) is 0 Å². The SMILES string of the molecule is Cc1c(C(=O)N/N=C\c2ccccc2OCc2ccccc2)oc2ccccc12. The van der Waals surface area contributed by atoms with Crippen molar-refractivity contribution in [3.63, 3.8) is 0 Å². The molecule has 0 bridgehead atoms. The fourth-order valence-corrected chi connectivity index (χ4v) is 3.06. The molecule has 0 spiro atoms. The Morgan fingerprint density at radius 1 is 1.00 bits per heavy atom. The lowest BCUT2D eigenvalue weighted by Crippen LogP contribution is -2.17. The molecule has 4 aromatic rings. The van der Waals surface area contributed by atoms with Gasteiger partial charge in [0.25, 0.3) is 0 Å². The van der Waals surface area contributed by atoms with Crippen molar-refractivity contribution >= 4 is 23.1 Å². The molecule has 5 heteroatoms. The summed E-state index contributed by atoms with van der Waals surface area (Å²) in [6, 6.07) is 25.0. The first-order valence-electron chi connectivity index (χ1n) is 9.29. The van der Waals surface area contributed by atoms with E-state index in [1.165, 1.54) is 0 Å². The molecule has 0 fully saturated rings. The molecule has 3 aromatic carbocycles. The maximum Gasteiger partial charge on any atom is 0.307 e. The van der Waals surface area contributed by atoms with E-state index in [2.05, 4.69) is 10.5 Å². The third-order valence-electron chi connectivity index (χ3n) is 4.58. The second-order valence-corrected chi connectivity index (χ2v) is 6.56. The number of benzene rings is 3. The highest BCUT2D eigenvalue weighted by Crippen LogP contribution is 2.24. The van der Waals surface area contributed by atoms with E-state index in [4.69, 9.17) is 9.15 Å². The number of fused-ring (bicyclic) bond motifs is 1. The van der Waals surface area contributed by atoms with E-state index in [9.17, 15) is 4.79 Å². The predicted octanol–water partition coefficient (Wildman–Crippen LogP) is 5.08. The van der Waals surface area contributed by atoms with Crippen LogP contribution in [0.3, 0.4) is 0 Å². The van der Waals surface area contributed by atoms with Gasteiger partial charge in [-0.3, -0.25) is 4.79 Å². The summed E-state index contributed by atoms with van der Waals surface area (Å²) in [6.45, 7) is 2.31. The molecular formula is C24H20N2O3. The maximum absolute atomic E-state index is 12.5. The number of nitrogens with zero attached hydrogens (tertiary/aromatic N) is 1. The predicted molar refractivity (Wildman–Crippen MR) is 113 cm³/mol. The molecule has 5 nitrogen and oxygen atoms in total. The molecule has 144 valence electrons. The van der Waals surface area contributed by atoms with Gasteiger partial charge >= 0.3 is 5.91 Å². The number of hydrazone groups is 1. The van der Waals surface area contributed by atoms with Crippen LogP contribution in [0.25, 0.3) is 11.0 Å². The van der Waals surface area contributed by atoms with Crippen molar-refractivity contribution in [2.24, 2.45) is 5.10 Å². The van der Waals surface area contributed by atoms with Gasteiger partial charge in [0, 0.05) is 16.5 Å². The van der Waals surface area contributed by atoms with E-state index in [1.807, 2.05) is 85.8 Å². The minimum absolute atomic E-state index is 0.261. The molecule has 4 rings (SSSR count). The monoisotopic (exact) mass is 384 g/mol. The van der Waals surface area contributed by atoms with E-state index in [0.29, 0.717) is 17.9 Å². The summed E-state index contributed by atoms with van der Waals surface area (Å²) in [5.41, 5.74) is 5.85. The van der Waals surface area contributed by atoms with Crippen LogP contribution in [0.1, 0.15) is 27.2 Å². The van der Waals surface area contributed by atoms with Crippen LogP contribution in [0.2, 0.25) is 0 Å². The molecule has 0 aliphatic carbocycles. The van der Waals surface area contributed by atoms with Crippen LogP contribution < -0.4 is 10.2 Å². The third kappa shape index (κ3) is 4.19. The quantitative estimate of drug-likeness (QED) is 0.372. The standard InChI is InChI=1S/C24H20N2O3/c1-17-20-12-6-8-14-22(20)29-23(17)24(27)26-25-15-19-11-5-7-13-21(19)28-16-18-9-3-2-4-10-18/h2-15H,16H2,1H3,(H,26,27)/b25-15-. The lowest BCUT2D eigenvalue weighted by molar-refractivity contribution is 0.0929. The van der Waals surface area contributed by atoms with E-state index in [0.717, 1.165) is 22.1 Å². The topological polar surface area (TPSA) is 63.8 Å². The average molecular weight is 384 g/mol. The molecule has 29 heavy (non-hydrogen) atoms. The van der Waals surface area contributed by atoms with Crippen LogP contribution >= 0.6 is 0 Å². The number of furan rings is 1. The fourth-order valence-electron chi connectivity index (χ4n) is 3.06. The van der Waals surface area contributed by atoms with Crippen molar-refractivity contribution in [1.82, 2.24) is 5.43 Å². The second kappa shape index (κ2) is 8.44. The lowest BCUT2D eigenvalue weighted by atomic mass is 10.1.